The molecule has 0 aliphatic carbocycles. The average Bonchev–Trinajstić information content (AvgIpc) is 2.45. The molecule has 1 aromatic carbocycles. The van der Waals surface area contributed by atoms with E-state index in [1.165, 1.54) is 25.3 Å². The number of benzene rings is 1. The Labute approximate surface area is 122 Å². The summed E-state index contributed by atoms with van der Waals surface area (Å²) in [6, 6.07) is 4.27. The lowest BCUT2D eigenvalue weighted by Crippen LogP contribution is -2.33. The van der Waals surface area contributed by atoms with Crippen LogP contribution in [-0.2, 0) is 0 Å². The van der Waals surface area contributed by atoms with E-state index in [0.717, 1.165) is 0 Å². The summed E-state index contributed by atoms with van der Waals surface area (Å²) in [5.41, 5.74) is 4.85. The summed E-state index contributed by atoms with van der Waals surface area (Å²) in [6.45, 7) is 3.74. The van der Waals surface area contributed by atoms with Crippen LogP contribution in [0.4, 0.5) is 5.69 Å². The molecule has 0 unspecified atom stereocenters. The number of nitrogens with two attached hydrogens (primary N) is 1. The lowest BCUT2D eigenvalue weighted by molar-refractivity contribution is -0.385. The van der Waals surface area contributed by atoms with Gasteiger partial charge in [-0.1, -0.05) is 19.0 Å². The molecule has 0 aliphatic rings. The lowest BCUT2D eigenvalue weighted by Gasteiger charge is -2.22. The molecule has 1 rings (SSSR count). The molecular formula is C13H19N3O5. The molecule has 8 heteroatoms. The minimum absolute atomic E-state index is 0.0752. The largest absolute Gasteiger partial charge is 0.497 e. The van der Waals surface area contributed by atoms with Crippen molar-refractivity contribution < 1.29 is 19.6 Å². The highest BCUT2D eigenvalue weighted by atomic mass is 16.6. The van der Waals surface area contributed by atoms with Crippen LogP contribution in [0.3, 0.4) is 0 Å². The average molecular weight is 297 g/mol. The third-order valence-electron chi connectivity index (χ3n) is 3.15. The summed E-state index contributed by atoms with van der Waals surface area (Å²) >= 11 is 0. The summed E-state index contributed by atoms with van der Waals surface area (Å²) in [5.74, 6) is 0.659. The van der Waals surface area contributed by atoms with Crippen molar-refractivity contribution in [1.29, 1.82) is 0 Å². The quantitative estimate of drug-likeness (QED) is 0.261. The van der Waals surface area contributed by atoms with Crippen molar-refractivity contribution in [3.8, 4) is 11.5 Å². The normalized spacial score (nSPS) is 12.0. The third kappa shape index (κ3) is 4.23. The number of ether oxygens (including phenoxy) is 2. The van der Waals surface area contributed by atoms with E-state index in [1.807, 2.05) is 0 Å². The van der Waals surface area contributed by atoms with Gasteiger partial charge in [0.2, 0.25) is 5.75 Å². The molecule has 0 bridgehead atoms. The van der Waals surface area contributed by atoms with Gasteiger partial charge in [-0.05, 0) is 12.5 Å². The van der Waals surface area contributed by atoms with Crippen molar-refractivity contribution >= 4 is 11.5 Å². The SMILES string of the molecule is COc1ccc([N+](=O)[O-])c(OCCC(C)(C)/C(N)=N/O)c1. The second-order valence-electron chi connectivity index (χ2n) is 5.06. The van der Waals surface area contributed by atoms with Crippen molar-refractivity contribution in [2.45, 2.75) is 20.3 Å². The van der Waals surface area contributed by atoms with Crippen LogP contribution in [0, 0.1) is 15.5 Å². The minimum Gasteiger partial charge on any atom is -0.497 e. The number of oxime groups is 1. The first-order chi connectivity index (χ1) is 9.81. The molecule has 1 aromatic rings. The van der Waals surface area contributed by atoms with Crippen molar-refractivity contribution in [2.24, 2.45) is 16.3 Å². The fourth-order valence-corrected chi connectivity index (χ4v) is 1.57. The van der Waals surface area contributed by atoms with Crippen LogP contribution >= 0.6 is 0 Å². The van der Waals surface area contributed by atoms with Crippen LogP contribution in [0.1, 0.15) is 20.3 Å². The van der Waals surface area contributed by atoms with Gasteiger partial charge in [-0.15, -0.1) is 0 Å². The van der Waals surface area contributed by atoms with Gasteiger partial charge in [-0.2, -0.15) is 0 Å². The molecule has 0 heterocycles. The van der Waals surface area contributed by atoms with Gasteiger partial charge >= 0.3 is 5.69 Å². The van der Waals surface area contributed by atoms with Crippen LogP contribution < -0.4 is 15.2 Å². The fourth-order valence-electron chi connectivity index (χ4n) is 1.57. The first-order valence-electron chi connectivity index (χ1n) is 6.25. The van der Waals surface area contributed by atoms with E-state index >= 15 is 0 Å². The van der Waals surface area contributed by atoms with Crippen LogP contribution in [0.2, 0.25) is 0 Å². The molecule has 8 nitrogen and oxygen atoms in total. The second-order valence-corrected chi connectivity index (χ2v) is 5.06. The topological polar surface area (TPSA) is 120 Å². The molecule has 3 N–H and O–H groups in total. The third-order valence-corrected chi connectivity index (χ3v) is 3.15. The highest BCUT2D eigenvalue weighted by molar-refractivity contribution is 5.85. The van der Waals surface area contributed by atoms with Crippen LogP contribution in [0.15, 0.2) is 23.4 Å². The van der Waals surface area contributed by atoms with Crippen molar-refractivity contribution in [3.05, 3.63) is 28.3 Å². The molecule has 0 atom stereocenters. The minimum atomic E-state index is -0.581. The first kappa shape index (κ1) is 16.5. The molecule has 21 heavy (non-hydrogen) atoms. The molecule has 0 saturated heterocycles. The monoisotopic (exact) mass is 297 g/mol. The summed E-state index contributed by atoms with van der Waals surface area (Å²) < 4.78 is 10.5. The lowest BCUT2D eigenvalue weighted by atomic mass is 9.88. The first-order valence-corrected chi connectivity index (χ1v) is 6.25. The summed E-state index contributed by atoms with van der Waals surface area (Å²) in [5, 5.41) is 22.6. The van der Waals surface area contributed by atoms with E-state index in [1.54, 1.807) is 13.8 Å². The van der Waals surface area contributed by atoms with E-state index in [4.69, 9.17) is 20.4 Å². The van der Waals surface area contributed by atoms with Gasteiger partial charge in [0.1, 0.15) is 11.6 Å². The van der Waals surface area contributed by atoms with E-state index in [9.17, 15) is 10.1 Å². The highest BCUT2D eigenvalue weighted by Crippen LogP contribution is 2.32. The molecule has 0 saturated carbocycles. The van der Waals surface area contributed by atoms with Crippen LogP contribution in [0.25, 0.3) is 0 Å². The van der Waals surface area contributed by atoms with Crippen LogP contribution in [-0.4, -0.2) is 29.7 Å². The Balaban J connectivity index is 2.81. The van der Waals surface area contributed by atoms with E-state index in [-0.39, 0.29) is 23.9 Å². The highest BCUT2D eigenvalue weighted by Gasteiger charge is 2.24. The number of hydrogen-bond acceptors (Lipinski definition) is 6. The molecular weight excluding hydrogens is 278 g/mol. The Bertz CT molecular complexity index is 543. The van der Waals surface area contributed by atoms with Gasteiger partial charge in [0.25, 0.3) is 0 Å². The van der Waals surface area contributed by atoms with Gasteiger partial charge in [-0.25, -0.2) is 0 Å². The zero-order valence-electron chi connectivity index (χ0n) is 12.2. The summed E-state index contributed by atoms with van der Waals surface area (Å²) in [4.78, 5) is 10.4. The Kier molecular flexibility index (Phi) is 5.34. The van der Waals surface area contributed by atoms with Gasteiger partial charge in [0.05, 0.1) is 18.6 Å². The summed E-state index contributed by atoms with van der Waals surface area (Å²) in [7, 11) is 1.46. The van der Waals surface area contributed by atoms with Gasteiger partial charge in [0, 0.05) is 17.5 Å². The Hall–Kier alpha value is -2.51. The molecule has 0 aliphatic heterocycles. The van der Waals surface area contributed by atoms with E-state index in [2.05, 4.69) is 5.16 Å². The van der Waals surface area contributed by atoms with Crippen molar-refractivity contribution in [1.82, 2.24) is 0 Å². The van der Waals surface area contributed by atoms with Crippen LogP contribution in [0.5, 0.6) is 11.5 Å². The molecule has 0 fully saturated rings. The Morgan fingerprint density at radius 1 is 1.52 bits per heavy atom. The molecule has 116 valence electrons. The van der Waals surface area contributed by atoms with Gasteiger partial charge in [0.15, 0.2) is 0 Å². The fraction of sp³-hybridized carbons (Fsp3) is 0.462. The van der Waals surface area contributed by atoms with Gasteiger partial charge < -0.3 is 20.4 Å². The van der Waals surface area contributed by atoms with Crippen molar-refractivity contribution in [3.63, 3.8) is 0 Å². The maximum Gasteiger partial charge on any atom is 0.311 e. The maximum atomic E-state index is 10.9. The number of methoxy groups -OCH3 is 1. The second kappa shape index (κ2) is 6.78. The molecule has 0 spiro atoms. The zero-order valence-corrected chi connectivity index (χ0v) is 12.2. The Morgan fingerprint density at radius 3 is 2.71 bits per heavy atom. The number of nitrogens with zero attached hydrogens (tertiary/aromatic N) is 2. The van der Waals surface area contributed by atoms with E-state index in [0.29, 0.717) is 12.2 Å². The summed E-state index contributed by atoms with van der Waals surface area (Å²) in [6.07, 6.45) is 0.428. The number of nitro benzene ring substituents is 1. The Morgan fingerprint density at radius 2 is 2.19 bits per heavy atom. The molecule has 0 radical (unpaired) electrons. The predicted molar refractivity (Wildman–Crippen MR) is 77.0 cm³/mol. The number of nitro groups is 1. The van der Waals surface area contributed by atoms with Gasteiger partial charge in [-0.3, -0.25) is 10.1 Å². The standard InChI is InChI=1S/C13H19N3O5/c1-13(2,12(14)15-17)6-7-21-11-8-9(20-3)4-5-10(11)16(18)19/h4-5,8,17H,6-7H2,1-3H3,(H2,14,15). The van der Waals surface area contributed by atoms with E-state index < -0.39 is 10.3 Å². The predicted octanol–water partition coefficient (Wildman–Crippen LogP) is 2.14. The number of amidine groups is 1. The number of rotatable bonds is 7. The molecule has 0 aromatic heterocycles. The zero-order chi connectivity index (χ0) is 16.0. The smallest absolute Gasteiger partial charge is 0.311 e. The number of hydrogen-bond donors (Lipinski definition) is 2. The maximum absolute atomic E-state index is 10.9. The van der Waals surface area contributed by atoms with Crippen molar-refractivity contribution in [2.75, 3.05) is 13.7 Å². The molecule has 0 amide bonds.